The maximum absolute atomic E-state index is 12.7. The van der Waals surface area contributed by atoms with Gasteiger partial charge in [-0.3, -0.25) is 4.79 Å². The summed E-state index contributed by atoms with van der Waals surface area (Å²) >= 11 is 2.04. The molecule has 0 heterocycles. The molecule has 82 valence electrons. The summed E-state index contributed by atoms with van der Waals surface area (Å²) in [6, 6.07) is 4.33. The van der Waals surface area contributed by atoms with Gasteiger partial charge in [0.1, 0.15) is 5.75 Å². The van der Waals surface area contributed by atoms with Gasteiger partial charge in [-0.2, -0.15) is 8.78 Å². The largest absolute Gasteiger partial charge is 0.497 e. The smallest absolute Gasteiger partial charge is 0.363 e. The number of alkyl halides is 3. The van der Waals surface area contributed by atoms with Crippen LogP contribution in [0.1, 0.15) is 15.9 Å². The van der Waals surface area contributed by atoms with Gasteiger partial charge in [0.15, 0.2) is 0 Å². The zero-order valence-electron chi connectivity index (χ0n) is 8.18. The first-order chi connectivity index (χ1) is 6.86. The van der Waals surface area contributed by atoms with Crippen LogP contribution in [-0.4, -0.2) is 17.7 Å². The van der Waals surface area contributed by atoms with E-state index >= 15 is 0 Å². The Morgan fingerprint density at radius 3 is 2.47 bits per heavy atom. The Labute approximate surface area is 94.4 Å². The number of hydrogen-bond acceptors (Lipinski definition) is 2. The van der Waals surface area contributed by atoms with E-state index in [9.17, 15) is 13.6 Å². The minimum absolute atomic E-state index is 0.0160. The average molecular weight is 279 g/mol. The van der Waals surface area contributed by atoms with Crippen LogP contribution in [-0.2, 0) is 0 Å². The van der Waals surface area contributed by atoms with E-state index in [0.717, 1.165) is 0 Å². The van der Waals surface area contributed by atoms with Crippen molar-refractivity contribution < 1.29 is 18.3 Å². The van der Waals surface area contributed by atoms with Crippen LogP contribution >= 0.6 is 15.9 Å². The molecule has 5 heteroatoms. The number of carbonyl (C=O) groups is 1. The summed E-state index contributed by atoms with van der Waals surface area (Å²) in [5.74, 6) is -0.718. The summed E-state index contributed by atoms with van der Waals surface area (Å²) in [6.07, 6.45) is 0. The minimum atomic E-state index is -3.52. The number of ether oxygens (including phenoxy) is 1. The summed E-state index contributed by atoms with van der Waals surface area (Å²) < 4.78 is 30.3. The molecule has 0 radical (unpaired) electrons. The van der Waals surface area contributed by atoms with Crippen molar-refractivity contribution in [3.63, 3.8) is 0 Å². The molecule has 0 saturated carbocycles. The first kappa shape index (κ1) is 12.1. The molecule has 0 aliphatic heterocycles. The van der Waals surface area contributed by atoms with Gasteiger partial charge in [0.25, 0.3) is 0 Å². The molecule has 0 N–H and O–H groups in total. The lowest BCUT2D eigenvalue weighted by atomic mass is 10.0. The molecule has 0 atom stereocenters. The fourth-order valence-corrected chi connectivity index (χ4v) is 1.38. The van der Waals surface area contributed by atoms with Crippen LogP contribution in [0, 0.1) is 6.92 Å². The van der Waals surface area contributed by atoms with Crippen LogP contribution in [0.15, 0.2) is 18.2 Å². The molecule has 0 bridgehead atoms. The second-order valence-corrected chi connectivity index (χ2v) is 4.00. The van der Waals surface area contributed by atoms with Gasteiger partial charge < -0.3 is 4.74 Å². The summed E-state index contributed by atoms with van der Waals surface area (Å²) in [5.41, 5.74) is 0.441. The van der Waals surface area contributed by atoms with Crippen molar-refractivity contribution in [2.45, 2.75) is 11.8 Å². The van der Waals surface area contributed by atoms with Crippen molar-refractivity contribution in [2.75, 3.05) is 7.11 Å². The van der Waals surface area contributed by atoms with Crippen molar-refractivity contribution in [1.29, 1.82) is 0 Å². The molecule has 1 rings (SSSR count). The highest BCUT2D eigenvalue weighted by molar-refractivity contribution is 9.10. The number of hydrogen-bond donors (Lipinski definition) is 0. The maximum atomic E-state index is 12.7. The van der Waals surface area contributed by atoms with Gasteiger partial charge in [-0.15, -0.1) is 0 Å². The number of Topliss-reactive ketones (excluding diaryl/α,β-unsaturated/α-hetero) is 1. The number of aryl methyl sites for hydroxylation is 1. The predicted octanol–water partition coefficient (Wildman–Crippen LogP) is 3.17. The van der Waals surface area contributed by atoms with E-state index in [1.165, 1.54) is 25.3 Å². The van der Waals surface area contributed by atoms with E-state index < -0.39 is 10.6 Å². The third-order valence-electron chi connectivity index (χ3n) is 1.94. The summed E-state index contributed by atoms with van der Waals surface area (Å²) in [5, 5.41) is 0. The Hall–Kier alpha value is -0.970. The van der Waals surface area contributed by atoms with Crippen molar-refractivity contribution in [3.05, 3.63) is 29.3 Å². The lowest BCUT2D eigenvalue weighted by Gasteiger charge is -2.10. The quantitative estimate of drug-likeness (QED) is 0.627. The van der Waals surface area contributed by atoms with Crippen LogP contribution in [0.3, 0.4) is 0 Å². The topological polar surface area (TPSA) is 26.3 Å². The highest BCUT2D eigenvalue weighted by Gasteiger charge is 2.36. The molecule has 1 aromatic rings. The predicted molar refractivity (Wildman–Crippen MR) is 55.9 cm³/mol. The molecule has 0 fully saturated rings. The Morgan fingerprint density at radius 1 is 1.47 bits per heavy atom. The van der Waals surface area contributed by atoms with Gasteiger partial charge in [-0.25, -0.2) is 0 Å². The lowest BCUT2D eigenvalue weighted by Crippen LogP contribution is -2.21. The minimum Gasteiger partial charge on any atom is -0.497 e. The molecular formula is C10H9BrF2O2. The molecule has 0 aliphatic rings. The lowest BCUT2D eigenvalue weighted by molar-refractivity contribution is 0.0592. The Bertz CT molecular complexity index is 385. The fourth-order valence-electron chi connectivity index (χ4n) is 1.17. The van der Waals surface area contributed by atoms with Crippen molar-refractivity contribution in [3.8, 4) is 5.75 Å². The van der Waals surface area contributed by atoms with Crippen LogP contribution in [0.5, 0.6) is 5.75 Å². The van der Waals surface area contributed by atoms with Crippen molar-refractivity contribution in [2.24, 2.45) is 0 Å². The molecule has 2 nitrogen and oxygen atoms in total. The average Bonchev–Trinajstić information content (AvgIpc) is 2.15. The van der Waals surface area contributed by atoms with Crippen LogP contribution < -0.4 is 4.74 Å². The molecular weight excluding hydrogens is 270 g/mol. The standard InChI is InChI=1S/C10H9BrF2O2/c1-6-5-7(15-2)3-4-8(6)9(14)10(11,12)13/h3-5H,1-2H3. The van der Waals surface area contributed by atoms with E-state index in [0.29, 0.717) is 11.3 Å². The normalized spacial score (nSPS) is 11.3. The Kier molecular flexibility index (Phi) is 3.44. The zero-order chi connectivity index (χ0) is 11.6. The maximum Gasteiger partial charge on any atom is 0.363 e. The third kappa shape index (κ3) is 2.75. The van der Waals surface area contributed by atoms with Gasteiger partial charge in [0, 0.05) is 5.56 Å². The molecule has 1 aromatic carbocycles. The van der Waals surface area contributed by atoms with Crippen LogP contribution in [0.4, 0.5) is 8.78 Å². The number of ketones is 1. The van der Waals surface area contributed by atoms with Crippen molar-refractivity contribution in [1.82, 2.24) is 0 Å². The highest BCUT2D eigenvalue weighted by atomic mass is 79.9. The van der Waals surface area contributed by atoms with E-state index in [1.54, 1.807) is 6.92 Å². The third-order valence-corrected chi connectivity index (χ3v) is 2.30. The molecule has 0 aliphatic carbocycles. The van der Waals surface area contributed by atoms with E-state index in [-0.39, 0.29) is 5.56 Å². The molecule has 15 heavy (non-hydrogen) atoms. The van der Waals surface area contributed by atoms with Gasteiger partial charge in [0.05, 0.1) is 7.11 Å². The van der Waals surface area contributed by atoms with E-state index in [1.807, 2.05) is 15.9 Å². The Balaban J connectivity index is 3.12. The molecule has 0 saturated heterocycles. The second-order valence-electron chi connectivity index (χ2n) is 3.01. The number of carbonyl (C=O) groups excluding carboxylic acids is 1. The second kappa shape index (κ2) is 4.26. The monoisotopic (exact) mass is 278 g/mol. The number of methoxy groups -OCH3 is 1. The highest BCUT2D eigenvalue weighted by Crippen LogP contribution is 2.29. The van der Waals surface area contributed by atoms with Gasteiger partial charge in [-0.05, 0) is 46.6 Å². The zero-order valence-corrected chi connectivity index (χ0v) is 9.77. The number of rotatable bonds is 3. The van der Waals surface area contributed by atoms with Gasteiger partial charge in [-0.1, -0.05) is 0 Å². The molecule has 0 unspecified atom stereocenters. The Morgan fingerprint density at radius 2 is 2.07 bits per heavy atom. The van der Waals surface area contributed by atoms with Crippen molar-refractivity contribution >= 4 is 21.7 Å². The first-order valence-corrected chi connectivity index (χ1v) is 4.91. The summed E-state index contributed by atoms with van der Waals surface area (Å²) in [6.45, 7) is 1.58. The van der Waals surface area contributed by atoms with Crippen LogP contribution in [0.25, 0.3) is 0 Å². The van der Waals surface area contributed by atoms with Crippen LogP contribution in [0.2, 0.25) is 0 Å². The van der Waals surface area contributed by atoms with E-state index in [4.69, 9.17) is 4.74 Å². The molecule has 0 amide bonds. The summed E-state index contributed by atoms with van der Waals surface area (Å²) in [4.78, 5) is 7.73. The molecule has 0 aromatic heterocycles. The van der Waals surface area contributed by atoms with Gasteiger partial charge >= 0.3 is 4.83 Å². The summed E-state index contributed by atoms with van der Waals surface area (Å²) in [7, 11) is 1.47. The first-order valence-electron chi connectivity index (χ1n) is 4.12. The SMILES string of the molecule is COc1ccc(C(=O)C(F)(F)Br)c(C)c1. The number of benzene rings is 1. The molecule has 0 spiro atoms. The van der Waals surface area contributed by atoms with Gasteiger partial charge in [0.2, 0.25) is 5.78 Å². The number of halogens is 3. The van der Waals surface area contributed by atoms with E-state index in [2.05, 4.69) is 0 Å². The fraction of sp³-hybridized carbons (Fsp3) is 0.300.